The maximum Gasteiger partial charge on any atom is 0.350 e. The van der Waals surface area contributed by atoms with E-state index < -0.39 is 0 Å². The highest BCUT2D eigenvalue weighted by molar-refractivity contribution is 7.15. The Morgan fingerprint density at radius 1 is 1.33 bits per heavy atom. The number of carbonyl (C=O) groups excluding carboxylic acids is 1. The minimum atomic E-state index is -0.298. The molecule has 0 unspecified atom stereocenters. The van der Waals surface area contributed by atoms with Crippen LogP contribution in [0, 0.1) is 0 Å². The van der Waals surface area contributed by atoms with Gasteiger partial charge in [-0.05, 0) is 30.7 Å². The molecule has 3 nitrogen and oxygen atoms in total. The second kappa shape index (κ2) is 5.74. The molecule has 1 rings (SSSR count). The lowest BCUT2D eigenvalue weighted by Gasteiger charge is -2.22. The van der Waals surface area contributed by atoms with Crippen molar-refractivity contribution < 1.29 is 9.53 Å². The molecule has 1 aromatic heterocycles. The lowest BCUT2D eigenvalue weighted by Crippen LogP contribution is -2.15. The van der Waals surface area contributed by atoms with Crippen LogP contribution in [0.2, 0.25) is 0 Å². The second-order valence-corrected chi connectivity index (χ2v) is 5.98. The fraction of sp³-hybridized carbons (Fsp3) is 0.643. The number of carbonyl (C=O) groups is 1. The number of esters is 1. The lowest BCUT2D eigenvalue weighted by atomic mass is 9.85. The second-order valence-electron chi connectivity index (χ2n) is 4.96. The fourth-order valence-corrected chi connectivity index (χ4v) is 3.26. The number of nitrogen functional groups attached to an aromatic ring is 1. The van der Waals surface area contributed by atoms with Crippen LogP contribution in [-0.4, -0.2) is 12.6 Å². The fourth-order valence-electron chi connectivity index (χ4n) is 1.88. The van der Waals surface area contributed by atoms with Gasteiger partial charge in [-0.3, -0.25) is 0 Å². The van der Waals surface area contributed by atoms with Gasteiger partial charge in [-0.2, -0.15) is 0 Å². The molecular weight excluding hydrogens is 246 g/mol. The van der Waals surface area contributed by atoms with Crippen molar-refractivity contribution in [2.75, 3.05) is 12.3 Å². The Kier molecular flexibility index (Phi) is 4.79. The zero-order valence-electron chi connectivity index (χ0n) is 11.9. The maximum absolute atomic E-state index is 11.9. The van der Waals surface area contributed by atoms with Crippen LogP contribution in [0.15, 0.2) is 0 Å². The molecule has 0 radical (unpaired) electrons. The third kappa shape index (κ3) is 2.69. The van der Waals surface area contributed by atoms with Crippen molar-refractivity contribution in [3.8, 4) is 0 Å². The standard InChI is InChI=1S/C14H23NO2S/c1-6-9-10(15)11(13(16)17-8-3)18-12(9)14(4,5)7-2/h6-8,15H2,1-5H3. The van der Waals surface area contributed by atoms with E-state index in [1.165, 1.54) is 16.2 Å². The molecule has 0 amide bonds. The van der Waals surface area contributed by atoms with Crippen LogP contribution in [0.1, 0.15) is 61.2 Å². The normalized spacial score (nSPS) is 11.6. The van der Waals surface area contributed by atoms with Gasteiger partial charge >= 0.3 is 5.97 Å². The summed E-state index contributed by atoms with van der Waals surface area (Å²) in [6.07, 6.45) is 1.86. The van der Waals surface area contributed by atoms with Gasteiger partial charge in [-0.25, -0.2) is 4.79 Å². The molecule has 0 fully saturated rings. The third-order valence-corrected chi connectivity index (χ3v) is 4.95. The average molecular weight is 269 g/mol. The van der Waals surface area contributed by atoms with Gasteiger partial charge in [-0.15, -0.1) is 11.3 Å². The lowest BCUT2D eigenvalue weighted by molar-refractivity contribution is 0.0533. The molecule has 18 heavy (non-hydrogen) atoms. The van der Waals surface area contributed by atoms with Gasteiger partial charge in [0, 0.05) is 4.88 Å². The molecule has 0 aromatic carbocycles. The third-order valence-electron chi connectivity index (χ3n) is 3.36. The molecular formula is C14H23NO2S. The highest BCUT2D eigenvalue weighted by atomic mass is 32.1. The Labute approximate surface area is 113 Å². The van der Waals surface area contributed by atoms with Crippen LogP contribution >= 0.6 is 11.3 Å². The summed E-state index contributed by atoms with van der Waals surface area (Å²) in [6, 6.07) is 0. The van der Waals surface area contributed by atoms with E-state index in [-0.39, 0.29) is 11.4 Å². The molecule has 102 valence electrons. The monoisotopic (exact) mass is 269 g/mol. The number of nitrogens with two attached hydrogens (primary N) is 1. The number of hydrogen-bond donors (Lipinski definition) is 1. The van der Waals surface area contributed by atoms with Crippen LogP contribution < -0.4 is 5.73 Å². The van der Waals surface area contributed by atoms with Crippen molar-refractivity contribution in [1.29, 1.82) is 0 Å². The summed E-state index contributed by atoms with van der Waals surface area (Å²) in [5.41, 5.74) is 7.87. The summed E-state index contributed by atoms with van der Waals surface area (Å²) in [7, 11) is 0. The number of anilines is 1. The minimum Gasteiger partial charge on any atom is -0.462 e. The van der Waals surface area contributed by atoms with Crippen molar-refractivity contribution >= 4 is 23.0 Å². The van der Waals surface area contributed by atoms with E-state index in [0.717, 1.165) is 18.4 Å². The van der Waals surface area contributed by atoms with Crippen molar-refractivity contribution in [2.45, 2.75) is 52.9 Å². The number of thiophene rings is 1. The van der Waals surface area contributed by atoms with E-state index in [0.29, 0.717) is 17.2 Å². The first-order chi connectivity index (χ1) is 8.38. The molecule has 0 spiro atoms. The Morgan fingerprint density at radius 2 is 1.94 bits per heavy atom. The first-order valence-electron chi connectivity index (χ1n) is 6.47. The van der Waals surface area contributed by atoms with Crippen LogP contribution in [0.4, 0.5) is 5.69 Å². The zero-order chi connectivity index (χ0) is 13.9. The summed E-state index contributed by atoms with van der Waals surface area (Å²) < 4.78 is 5.06. The van der Waals surface area contributed by atoms with E-state index in [1.807, 2.05) is 0 Å². The quantitative estimate of drug-likeness (QED) is 0.828. The molecule has 1 aromatic rings. The largest absolute Gasteiger partial charge is 0.462 e. The van der Waals surface area contributed by atoms with Crippen LogP contribution in [0.3, 0.4) is 0 Å². The molecule has 0 saturated heterocycles. The SMILES string of the molecule is CCOC(=O)c1sc(C(C)(C)CC)c(CC)c1N. The molecule has 0 bridgehead atoms. The van der Waals surface area contributed by atoms with Crippen molar-refractivity contribution in [2.24, 2.45) is 0 Å². The summed E-state index contributed by atoms with van der Waals surface area (Å²) >= 11 is 1.49. The van der Waals surface area contributed by atoms with E-state index in [1.54, 1.807) is 6.92 Å². The van der Waals surface area contributed by atoms with Crippen LogP contribution in [0.5, 0.6) is 0 Å². The van der Waals surface area contributed by atoms with Crippen LogP contribution in [-0.2, 0) is 16.6 Å². The summed E-state index contributed by atoms with van der Waals surface area (Å²) in [6.45, 7) is 10.8. The summed E-state index contributed by atoms with van der Waals surface area (Å²) in [4.78, 5) is 13.6. The topological polar surface area (TPSA) is 52.3 Å². The average Bonchev–Trinajstić information content (AvgIpc) is 2.67. The molecule has 0 atom stereocenters. The molecule has 0 aliphatic heterocycles. The molecule has 0 aliphatic rings. The van der Waals surface area contributed by atoms with E-state index >= 15 is 0 Å². The smallest absolute Gasteiger partial charge is 0.350 e. The predicted molar refractivity (Wildman–Crippen MR) is 77.4 cm³/mol. The van der Waals surface area contributed by atoms with Crippen molar-refractivity contribution in [3.05, 3.63) is 15.3 Å². The first-order valence-corrected chi connectivity index (χ1v) is 7.29. The van der Waals surface area contributed by atoms with E-state index in [4.69, 9.17) is 10.5 Å². The van der Waals surface area contributed by atoms with Gasteiger partial charge in [0.05, 0.1) is 12.3 Å². The Balaban J connectivity index is 3.30. The Morgan fingerprint density at radius 3 is 2.39 bits per heavy atom. The van der Waals surface area contributed by atoms with Gasteiger partial charge in [0.2, 0.25) is 0 Å². The molecule has 0 aliphatic carbocycles. The van der Waals surface area contributed by atoms with E-state index in [2.05, 4.69) is 27.7 Å². The zero-order valence-corrected chi connectivity index (χ0v) is 12.7. The minimum absolute atomic E-state index is 0.0505. The maximum atomic E-state index is 11.9. The Hall–Kier alpha value is -1.03. The predicted octanol–water partition coefficient (Wildman–Crippen LogP) is 3.76. The van der Waals surface area contributed by atoms with Gasteiger partial charge in [0.15, 0.2) is 0 Å². The van der Waals surface area contributed by atoms with Crippen LogP contribution in [0.25, 0.3) is 0 Å². The first kappa shape index (κ1) is 15.0. The van der Waals surface area contributed by atoms with Gasteiger partial charge in [0.1, 0.15) is 4.88 Å². The van der Waals surface area contributed by atoms with Crippen molar-refractivity contribution in [1.82, 2.24) is 0 Å². The highest BCUT2D eigenvalue weighted by Crippen LogP contribution is 2.41. The van der Waals surface area contributed by atoms with Gasteiger partial charge < -0.3 is 10.5 Å². The molecule has 2 N–H and O–H groups in total. The molecule has 1 heterocycles. The molecule has 4 heteroatoms. The van der Waals surface area contributed by atoms with Crippen molar-refractivity contribution in [3.63, 3.8) is 0 Å². The van der Waals surface area contributed by atoms with E-state index in [9.17, 15) is 4.79 Å². The number of rotatable bonds is 5. The Bertz CT molecular complexity index is 435. The van der Waals surface area contributed by atoms with Gasteiger partial charge in [-0.1, -0.05) is 27.7 Å². The molecule has 0 saturated carbocycles. The summed E-state index contributed by atoms with van der Waals surface area (Å²) in [5.74, 6) is -0.298. The van der Waals surface area contributed by atoms with Gasteiger partial charge in [0.25, 0.3) is 0 Å². The highest BCUT2D eigenvalue weighted by Gasteiger charge is 2.29. The number of hydrogen-bond acceptors (Lipinski definition) is 4. The number of ether oxygens (including phenoxy) is 1. The summed E-state index contributed by atoms with van der Waals surface area (Å²) in [5, 5.41) is 0.